The molecular formula is C31H36Cl2FN3O4. The van der Waals surface area contributed by atoms with Crippen LogP contribution in [0.4, 0.5) is 4.39 Å². The number of nitrogens with one attached hydrogen (secondary N) is 1. The lowest BCUT2D eigenvalue weighted by atomic mass is 9.81. The van der Waals surface area contributed by atoms with E-state index in [0.29, 0.717) is 58.2 Å². The van der Waals surface area contributed by atoms with Crippen LogP contribution in [0.5, 0.6) is 5.75 Å². The van der Waals surface area contributed by atoms with Crippen LogP contribution in [0.15, 0.2) is 48.5 Å². The van der Waals surface area contributed by atoms with Gasteiger partial charge in [-0.2, -0.15) is 0 Å². The Morgan fingerprint density at radius 1 is 1.10 bits per heavy atom. The zero-order valence-electron chi connectivity index (χ0n) is 23.5. The topological polar surface area (TPSA) is 91.8 Å². The number of benzene rings is 2. The first-order valence-corrected chi connectivity index (χ1v) is 13.9. The summed E-state index contributed by atoms with van der Waals surface area (Å²) in [5, 5.41) is 13.1. The van der Waals surface area contributed by atoms with Crippen LogP contribution in [0.3, 0.4) is 0 Å². The molecule has 220 valence electrons. The predicted molar refractivity (Wildman–Crippen MR) is 162 cm³/mol. The summed E-state index contributed by atoms with van der Waals surface area (Å²) in [6, 6.07) is 13.3. The molecule has 2 aromatic carbocycles. The van der Waals surface area contributed by atoms with Crippen LogP contribution in [0.2, 0.25) is 5.02 Å². The van der Waals surface area contributed by atoms with Crippen LogP contribution >= 0.6 is 24.0 Å². The van der Waals surface area contributed by atoms with E-state index in [1.54, 1.807) is 49.4 Å². The summed E-state index contributed by atoms with van der Waals surface area (Å²) in [7, 11) is 3.98. The normalized spacial score (nSPS) is 14.3. The van der Waals surface area contributed by atoms with E-state index in [9.17, 15) is 19.1 Å². The minimum Gasteiger partial charge on any atom is -0.492 e. The number of carbonyl (C=O) groups excluding carboxylic acids is 1. The largest absolute Gasteiger partial charge is 0.492 e. The van der Waals surface area contributed by atoms with Crippen molar-refractivity contribution in [3.63, 3.8) is 0 Å². The Balaban J connectivity index is 0.00000462. The van der Waals surface area contributed by atoms with E-state index < -0.39 is 17.4 Å². The number of ether oxygens (including phenoxy) is 1. The number of carboxylic acids is 1. The number of hydrogen-bond donors (Lipinski definition) is 2. The summed E-state index contributed by atoms with van der Waals surface area (Å²) in [6.07, 6.45) is 3.93. The highest BCUT2D eigenvalue weighted by molar-refractivity contribution is 6.32. The highest BCUT2D eigenvalue weighted by atomic mass is 35.5. The number of halogens is 3. The van der Waals surface area contributed by atoms with E-state index in [2.05, 4.69) is 10.2 Å². The number of carboxylic acid groups (broad SMARTS) is 1. The van der Waals surface area contributed by atoms with Crippen molar-refractivity contribution in [2.75, 3.05) is 27.2 Å². The lowest BCUT2D eigenvalue weighted by molar-refractivity contribution is -0.145. The monoisotopic (exact) mass is 603 g/mol. The van der Waals surface area contributed by atoms with Crippen molar-refractivity contribution in [2.24, 2.45) is 0 Å². The molecular weight excluding hydrogens is 568 g/mol. The molecule has 0 atom stereocenters. The molecule has 1 amide bonds. The third kappa shape index (κ3) is 7.56. The number of hydrogen-bond acceptors (Lipinski definition) is 5. The molecule has 0 radical (unpaired) electrons. The first-order valence-electron chi connectivity index (χ1n) is 13.5. The molecule has 4 rings (SSSR count). The van der Waals surface area contributed by atoms with Gasteiger partial charge >= 0.3 is 5.97 Å². The number of carbonyl (C=O) groups is 2. The van der Waals surface area contributed by atoms with Crippen molar-refractivity contribution < 1.29 is 23.8 Å². The van der Waals surface area contributed by atoms with Gasteiger partial charge in [-0.25, -0.2) is 14.2 Å². The van der Waals surface area contributed by atoms with Gasteiger partial charge in [0.15, 0.2) is 0 Å². The molecule has 2 N–H and O–H groups in total. The maximum atomic E-state index is 14.6. The fourth-order valence-electron chi connectivity index (χ4n) is 5.08. The van der Waals surface area contributed by atoms with Gasteiger partial charge in [0, 0.05) is 17.7 Å². The summed E-state index contributed by atoms with van der Waals surface area (Å²) in [5.41, 5.74) is 1.52. The molecule has 3 aromatic rings. The van der Waals surface area contributed by atoms with Crippen molar-refractivity contribution in [3.05, 3.63) is 70.6 Å². The van der Waals surface area contributed by atoms with Gasteiger partial charge in [-0.1, -0.05) is 49.1 Å². The van der Waals surface area contributed by atoms with Crippen LogP contribution in [0.1, 0.15) is 54.6 Å². The molecule has 1 aliphatic rings. The van der Waals surface area contributed by atoms with Crippen molar-refractivity contribution in [3.8, 4) is 28.1 Å². The SMILES string of the molecule is Cc1c(F)cccc1-c1ccc(C(=O)NC2(C(=O)O)CCCCC2)nc1-c1ccc(Cl)c(OCCCN(C)C)c1.Cl. The quantitative estimate of drug-likeness (QED) is 0.248. The average Bonchev–Trinajstić information content (AvgIpc) is 2.93. The molecule has 1 aromatic heterocycles. The molecule has 1 fully saturated rings. The summed E-state index contributed by atoms with van der Waals surface area (Å²) < 4.78 is 20.5. The number of pyridine rings is 1. The van der Waals surface area contributed by atoms with E-state index in [1.165, 1.54) is 6.07 Å². The number of rotatable bonds is 10. The summed E-state index contributed by atoms with van der Waals surface area (Å²) in [6.45, 7) is 3.01. The molecule has 0 bridgehead atoms. The zero-order chi connectivity index (χ0) is 28.9. The van der Waals surface area contributed by atoms with Crippen LogP contribution in [-0.4, -0.2) is 59.7 Å². The highest BCUT2D eigenvalue weighted by Crippen LogP contribution is 2.37. The van der Waals surface area contributed by atoms with Gasteiger partial charge < -0.3 is 20.1 Å². The molecule has 0 aliphatic heterocycles. The Morgan fingerprint density at radius 3 is 2.51 bits per heavy atom. The molecule has 1 aliphatic carbocycles. The summed E-state index contributed by atoms with van der Waals surface area (Å²) in [4.78, 5) is 32.3. The standard InChI is InChI=1S/C31H35ClFN3O4.ClH/c1-20-22(9-7-10-25(20)33)23-12-14-26(29(37)35-31(30(38)39)15-5-4-6-16-31)34-28(23)21-11-13-24(32)27(19-21)40-18-8-17-36(2)3;/h7,9-14,19H,4-6,8,15-18H2,1-3H3,(H,35,37)(H,38,39);1H. The van der Waals surface area contributed by atoms with Gasteiger partial charge in [-0.15, -0.1) is 12.4 Å². The van der Waals surface area contributed by atoms with Crippen LogP contribution in [0, 0.1) is 12.7 Å². The lowest BCUT2D eigenvalue weighted by Gasteiger charge is -2.33. The molecule has 0 spiro atoms. The molecule has 0 saturated heterocycles. The minimum absolute atomic E-state index is 0. The maximum Gasteiger partial charge on any atom is 0.329 e. The Kier molecular flexibility index (Phi) is 11.1. The Bertz CT molecular complexity index is 1390. The van der Waals surface area contributed by atoms with Crippen molar-refractivity contribution in [2.45, 2.75) is 51.0 Å². The van der Waals surface area contributed by atoms with E-state index >= 15 is 0 Å². The van der Waals surface area contributed by atoms with E-state index in [1.807, 2.05) is 14.1 Å². The Labute approximate surface area is 251 Å². The van der Waals surface area contributed by atoms with Gasteiger partial charge in [0.2, 0.25) is 0 Å². The average molecular weight is 605 g/mol. The third-order valence-corrected chi connectivity index (χ3v) is 7.68. The molecule has 1 heterocycles. The van der Waals surface area contributed by atoms with Crippen LogP contribution < -0.4 is 10.1 Å². The third-order valence-electron chi connectivity index (χ3n) is 7.37. The zero-order valence-corrected chi connectivity index (χ0v) is 25.1. The number of amides is 1. The number of aromatic nitrogens is 1. The second kappa shape index (κ2) is 14.1. The Morgan fingerprint density at radius 2 is 1.83 bits per heavy atom. The Hall–Kier alpha value is -3.20. The van der Waals surface area contributed by atoms with E-state index in [0.717, 1.165) is 32.2 Å². The number of nitrogens with zero attached hydrogens (tertiary/aromatic N) is 2. The van der Waals surface area contributed by atoms with Gasteiger partial charge in [-0.05, 0) is 81.7 Å². The van der Waals surface area contributed by atoms with E-state index in [4.69, 9.17) is 21.3 Å². The van der Waals surface area contributed by atoms with E-state index in [-0.39, 0.29) is 23.9 Å². The predicted octanol–water partition coefficient (Wildman–Crippen LogP) is 6.79. The van der Waals surface area contributed by atoms with Gasteiger partial charge in [0.05, 0.1) is 17.3 Å². The lowest BCUT2D eigenvalue weighted by Crippen LogP contribution is -2.55. The molecule has 0 unspecified atom stereocenters. The smallest absolute Gasteiger partial charge is 0.329 e. The minimum atomic E-state index is -1.32. The molecule has 10 heteroatoms. The van der Waals surface area contributed by atoms with Gasteiger partial charge in [0.1, 0.15) is 22.8 Å². The molecule has 1 saturated carbocycles. The fourth-order valence-corrected chi connectivity index (χ4v) is 5.25. The van der Waals surface area contributed by atoms with Crippen LogP contribution in [0.25, 0.3) is 22.4 Å². The second-order valence-electron chi connectivity index (χ2n) is 10.6. The second-order valence-corrected chi connectivity index (χ2v) is 11.0. The van der Waals surface area contributed by atoms with Crippen molar-refractivity contribution >= 4 is 35.9 Å². The molecule has 41 heavy (non-hydrogen) atoms. The van der Waals surface area contributed by atoms with Gasteiger partial charge in [-0.3, -0.25) is 4.79 Å². The first-order chi connectivity index (χ1) is 19.1. The maximum absolute atomic E-state index is 14.6. The van der Waals surface area contributed by atoms with Crippen molar-refractivity contribution in [1.82, 2.24) is 15.2 Å². The highest BCUT2D eigenvalue weighted by Gasteiger charge is 2.41. The summed E-state index contributed by atoms with van der Waals surface area (Å²) >= 11 is 6.44. The number of aliphatic carboxylic acids is 1. The van der Waals surface area contributed by atoms with Crippen LogP contribution in [-0.2, 0) is 4.79 Å². The van der Waals surface area contributed by atoms with Crippen molar-refractivity contribution in [1.29, 1.82) is 0 Å². The van der Waals surface area contributed by atoms with Gasteiger partial charge in [0.25, 0.3) is 5.91 Å². The first kappa shape index (κ1) is 32.3. The fraction of sp³-hybridized carbons (Fsp3) is 0.387. The molecule has 7 nitrogen and oxygen atoms in total. The summed E-state index contributed by atoms with van der Waals surface area (Å²) in [5.74, 6) is -1.49.